The highest BCUT2D eigenvalue weighted by Crippen LogP contribution is 2.17. The van der Waals surface area contributed by atoms with Crippen LogP contribution in [-0.4, -0.2) is 12.5 Å². The monoisotopic (exact) mass is 360 g/mol. The van der Waals surface area contributed by atoms with E-state index < -0.39 is 0 Å². The van der Waals surface area contributed by atoms with Crippen molar-refractivity contribution in [3.05, 3.63) is 64.2 Å². The average molecular weight is 361 g/mol. The Bertz CT molecular complexity index is 746. The number of carbonyl (C=O) groups excluding carboxylic acids is 1. The van der Waals surface area contributed by atoms with Crippen LogP contribution in [0.4, 0.5) is 0 Å². The first-order chi connectivity index (χ1) is 11.6. The summed E-state index contributed by atoms with van der Waals surface area (Å²) in [5.41, 5.74) is 6.26. The third kappa shape index (κ3) is 5.21. The second-order valence-corrected chi connectivity index (χ2v) is 6.33. The first-order valence-electron chi connectivity index (χ1n) is 8.40. The van der Waals surface area contributed by atoms with Crippen molar-refractivity contribution in [2.45, 2.75) is 39.9 Å². The van der Waals surface area contributed by atoms with Crippen molar-refractivity contribution in [1.82, 2.24) is 10.6 Å². The van der Waals surface area contributed by atoms with Crippen molar-refractivity contribution in [3.8, 4) is 5.75 Å². The van der Waals surface area contributed by atoms with Crippen molar-refractivity contribution in [1.29, 1.82) is 0 Å². The van der Waals surface area contributed by atoms with Gasteiger partial charge in [-0.3, -0.25) is 4.79 Å². The first-order valence-corrected chi connectivity index (χ1v) is 8.40. The molecule has 2 aromatic rings. The van der Waals surface area contributed by atoms with E-state index in [0.717, 1.165) is 24.4 Å². The van der Waals surface area contributed by atoms with E-state index in [-0.39, 0.29) is 18.3 Å². The van der Waals surface area contributed by atoms with Crippen molar-refractivity contribution in [3.63, 3.8) is 0 Å². The van der Waals surface area contributed by atoms with E-state index in [0.29, 0.717) is 19.6 Å². The van der Waals surface area contributed by atoms with Gasteiger partial charge in [0.1, 0.15) is 5.75 Å². The third-order valence-corrected chi connectivity index (χ3v) is 4.47. The minimum Gasteiger partial charge on any atom is -0.493 e. The van der Waals surface area contributed by atoms with Crippen LogP contribution >= 0.6 is 12.4 Å². The van der Waals surface area contributed by atoms with Gasteiger partial charge in [-0.25, -0.2) is 0 Å². The molecule has 0 saturated heterocycles. The van der Waals surface area contributed by atoms with Gasteiger partial charge in [0.2, 0.25) is 5.91 Å². The summed E-state index contributed by atoms with van der Waals surface area (Å²) in [7, 11) is 0. The summed E-state index contributed by atoms with van der Waals surface area (Å²) < 4.78 is 5.66. The smallest absolute Gasteiger partial charge is 0.223 e. The highest BCUT2D eigenvalue weighted by atomic mass is 35.5. The Balaban J connectivity index is 0.00000225. The van der Waals surface area contributed by atoms with E-state index in [9.17, 15) is 4.79 Å². The number of hydrogen-bond donors (Lipinski definition) is 2. The predicted molar refractivity (Wildman–Crippen MR) is 102 cm³/mol. The van der Waals surface area contributed by atoms with Crippen molar-refractivity contribution >= 4 is 18.3 Å². The molecule has 0 aliphatic carbocycles. The summed E-state index contributed by atoms with van der Waals surface area (Å²) in [6.07, 6.45) is 0.361. The van der Waals surface area contributed by atoms with E-state index in [1.165, 1.54) is 22.3 Å². The van der Waals surface area contributed by atoms with Gasteiger partial charge in [0, 0.05) is 19.6 Å². The fourth-order valence-electron chi connectivity index (χ4n) is 2.81. The molecule has 25 heavy (non-hydrogen) atoms. The van der Waals surface area contributed by atoms with Crippen molar-refractivity contribution < 1.29 is 9.53 Å². The topological polar surface area (TPSA) is 50.4 Å². The number of nitrogens with one attached hydrogen (secondary N) is 2. The zero-order chi connectivity index (χ0) is 16.9. The van der Waals surface area contributed by atoms with Crippen LogP contribution in [0.15, 0.2) is 36.4 Å². The number of fused-ring (bicyclic) bond motifs is 1. The number of amides is 1. The molecule has 0 aromatic heterocycles. The van der Waals surface area contributed by atoms with Gasteiger partial charge >= 0.3 is 0 Å². The number of halogens is 1. The Hall–Kier alpha value is -2.04. The maximum atomic E-state index is 12.0. The summed E-state index contributed by atoms with van der Waals surface area (Å²) in [6.45, 7) is 6.94. The lowest BCUT2D eigenvalue weighted by Crippen LogP contribution is -2.24. The van der Waals surface area contributed by atoms with Gasteiger partial charge in [0.25, 0.3) is 0 Å². The highest BCUT2D eigenvalue weighted by molar-refractivity contribution is 5.85. The molecular weight excluding hydrogens is 336 g/mol. The maximum Gasteiger partial charge on any atom is 0.223 e. The standard InChI is InChI=1S/C20H24N2O2.ClH/c1-14-3-6-19(9-15(14)2)24-8-7-20(23)22-11-16-4-5-17-12-21-13-18(17)10-16;/h3-6,9-10,21H,7-8,11-13H2,1-2H3,(H,22,23);1H. The van der Waals surface area contributed by atoms with Gasteiger partial charge in [-0.1, -0.05) is 24.3 Å². The van der Waals surface area contributed by atoms with Crippen LogP contribution in [0.3, 0.4) is 0 Å². The van der Waals surface area contributed by atoms with Gasteiger partial charge in [-0.15, -0.1) is 12.4 Å². The van der Waals surface area contributed by atoms with Gasteiger partial charge in [-0.05, 0) is 53.8 Å². The minimum absolute atomic E-state index is 0. The summed E-state index contributed by atoms with van der Waals surface area (Å²) in [6, 6.07) is 12.4. The van der Waals surface area contributed by atoms with Crippen LogP contribution in [0, 0.1) is 13.8 Å². The number of ether oxygens (including phenoxy) is 1. The highest BCUT2D eigenvalue weighted by Gasteiger charge is 2.10. The molecule has 134 valence electrons. The number of benzene rings is 2. The zero-order valence-corrected chi connectivity index (χ0v) is 15.5. The Morgan fingerprint density at radius 1 is 1.08 bits per heavy atom. The Labute approximate surface area is 155 Å². The molecule has 0 unspecified atom stereocenters. The van der Waals surface area contributed by atoms with E-state index in [4.69, 9.17) is 4.74 Å². The second-order valence-electron chi connectivity index (χ2n) is 6.33. The Kier molecular flexibility index (Phi) is 6.85. The van der Waals surface area contributed by atoms with Crippen LogP contribution in [0.1, 0.15) is 34.2 Å². The van der Waals surface area contributed by atoms with Gasteiger partial charge < -0.3 is 15.4 Å². The second kappa shape index (κ2) is 8.88. The lowest BCUT2D eigenvalue weighted by atomic mass is 10.1. The molecule has 2 aromatic carbocycles. The largest absolute Gasteiger partial charge is 0.493 e. The Morgan fingerprint density at radius 3 is 2.68 bits per heavy atom. The fourth-order valence-corrected chi connectivity index (χ4v) is 2.81. The molecule has 0 spiro atoms. The van der Waals surface area contributed by atoms with Gasteiger partial charge in [-0.2, -0.15) is 0 Å². The molecule has 1 aliphatic heterocycles. The molecule has 1 heterocycles. The number of rotatable bonds is 6. The van der Waals surface area contributed by atoms with E-state index in [2.05, 4.69) is 42.7 Å². The molecule has 1 aliphatic rings. The van der Waals surface area contributed by atoms with Crippen LogP contribution in [0.2, 0.25) is 0 Å². The predicted octanol–water partition coefficient (Wildman–Crippen LogP) is 3.41. The molecular formula is C20H25ClN2O2. The summed E-state index contributed by atoms with van der Waals surface area (Å²) in [5, 5.41) is 6.28. The number of carbonyl (C=O) groups is 1. The van der Waals surface area contributed by atoms with Gasteiger partial charge in [0.05, 0.1) is 13.0 Å². The van der Waals surface area contributed by atoms with E-state index in [1.54, 1.807) is 0 Å². The number of hydrogen-bond acceptors (Lipinski definition) is 3. The van der Waals surface area contributed by atoms with Crippen LogP contribution < -0.4 is 15.4 Å². The van der Waals surface area contributed by atoms with Crippen LogP contribution in [0.25, 0.3) is 0 Å². The first kappa shape index (κ1) is 19.3. The molecule has 5 heteroatoms. The molecule has 3 rings (SSSR count). The molecule has 0 fully saturated rings. The van der Waals surface area contributed by atoms with E-state index in [1.807, 2.05) is 18.2 Å². The lowest BCUT2D eigenvalue weighted by Gasteiger charge is -2.09. The lowest BCUT2D eigenvalue weighted by molar-refractivity contribution is -0.121. The normalized spacial score (nSPS) is 12.2. The SMILES string of the molecule is Cc1ccc(OCCC(=O)NCc2ccc3c(c2)CNC3)cc1C.Cl. The quantitative estimate of drug-likeness (QED) is 0.830. The molecule has 1 amide bonds. The zero-order valence-electron chi connectivity index (χ0n) is 14.7. The van der Waals surface area contributed by atoms with E-state index >= 15 is 0 Å². The third-order valence-electron chi connectivity index (χ3n) is 4.47. The molecule has 0 atom stereocenters. The molecule has 0 bridgehead atoms. The van der Waals surface area contributed by atoms with Crippen LogP contribution in [-0.2, 0) is 24.4 Å². The Morgan fingerprint density at radius 2 is 1.88 bits per heavy atom. The summed E-state index contributed by atoms with van der Waals surface area (Å²) in [4.78, 5) is 12.0. The maximum absolute atomic E-state index is 12.0. The fraction of sp³-hybridized carbons (Fsp3) is 0.350. The van der Waals surface area contributed by atoms with Gasteiger partial charge in [0.15, 0.2) is 0 Å². The average Bonchev–Trinajstić information content (AvgIpc) is 3.04. The molecule has 0 radical (unpaired) electrons. The van der Waals surface area contributed by atoms with Crippen molar-refractivity contribution in [2.24, 2.45) is 0 Å². The summed E-state index contributed by atoms with van der Waals surface area (Å²) in [5.74, 6) is 0.828. The minimum atomic E-state index is 0. The van der Waals surface area contributed by atoms with Crippen LogP contribution in [0.5, 0.6) is 5.75 Å². The summed E-state index contributed by atoms with van der Waals surface area (Å²) >= 11 is 0. The van der Waals surface area contributed by atoms with Crippen molar-refractivity contribution in [2.75, 3.05) is 6.61 Å². The molecule has 0 saturated carbocycles. The number of aryl methyl sites for hydroxylation is 2. The molecule has 2 N–H and O–H groups in total. The molecule has 4 nitrogen and oxygen atoms in total.